The van der Waals surface area contributed by atoms with Crippen LogP contribution in [0.25, 0.3) is 6.08 Å². The molecule has 1 amide bonds. The molecule has 3 heterocycles. The second-order valence-electron chi connectivity index (χ2n) is 6.67. The van der Waals surface area contributed by atoms with Gasteiger partial charge in [0.1, 0.15) is 0 Å². The Kier molecular flexibility index (Phi) is 4.47. The minimum Gasteiger partial charge on any atom is -0.339 e. The highest BCUT2D eigenvalue weighted by Crippen LogP contribution is 2.38. The molecule has 2 aliphatic rings. The van der Waals surface area contributed by atoms with E-state index in [0.717, 1.165) is 48.9 Å². The van der Waals surface area contributed by atoms with E-state index in [1.54, 1.807) is 17.4 Å². The predicted molar refractivity (Wildman–Crippen MR) is 92.6 cm³/mol. The molecular weight excluding hydrogens is 322 g/mol. The SMILES string of the molecule is O=C(/C=C\c1cccs1)N1CCC[C@H](Cc2nc(C3CC3)no2)C1. The van der Waals surface area contributed by atoms with Crippen LogP contribution in [0.5, 0.6) is 0 Å². The zero-order valence-corrected chi connectivity index (χ0v) is 14.4. The molecule has 1 aliphatic carbocycles. The second-order valence-corrected chi connectivity index (χ2v) is 7.65. The summed E-state index contributed by atoms with van der Waals surface area (Å²) in [5.74, 6) is 2.62. The minimum absolute atomic E-state index is 0.0947. The molecule has 5 nitrogen and oxygen atoms in total. The highest BCUT2D eigenvalue weighted by molar-refractivity contribution is 7.10. The van der Waals surface area contributed by atoms with Crippen LogP contribution in [0, 0.1) is 5.92 Å². The van der Waals surface area contributed by atoms with E-state index in [-0.39, 0.29) is 5.91 Å². The van der Waals surface area contributed by atoms with Gasteiger partial charge in [-0.25, -0.2) is 0 Å². The first kappa shape index (κ1) is 15.6. The lowest BCUT2D eigenvalue weighted by Gasteiger charge is -2.31. The Bertz CT molecular complexity index is 718. The summed E-state index contributed by atoms with van der Waals surface area (Å²) in [6, 6.07) is 4.01. The Morgan fingerprint density at radius 2 is 2.33 bits per heavy atom. The van der Waals surface area contributed by atoms with Crippen molar-refractivity contribution in [2.45, 2.75) is 38.0 Å². The number of aromatic nitrogens is 2. The van der Waals surface area contributed by atoms with Gasteiger partial charge in [0.05, 0.1) is 0 Å². The predicted octanol–water partition coefficient (Wildman–Crippen LogP) is 3.50. The third-order valence-electron chi connectivity index (χ3n) is 4.65. The van der Waals surface area contributed by atoms with Crippen molar-refractivity contribution in [2.75, 3.05) is 13.1 Å². The molecule has 24 heavy (non-hydrogen) atoms. The van der Waals surface area contributed by atoms with Crippen LogP contribution in [0.15, 0.2) is 28.1 Å². The fourth-order valence-corrected chi connectivity index (χ4v) is 3.80. The minimum atomic E-state index is 0.0947. The maximum Gasteiger partial charge on any atom is 0.246 e. The molecule has 1 atom stereocenters. The first-order valence-electron chi connectivity index (χ1n) is 8.61. The molecule has 0 aromatic carbocycles. The van der Waals surface area contributed by atoms with Crippen LogP contribution in [0.4, 0.5) is 0 Å². The number of likely N-dealkylation sites (tertiary alicyclic amines) is 1. The first-order chi connectivity index (χ1) is 11.8. The van der Waals surface area contributed by atoms with Crippen molar-refractivity contribution in [1.29, 1.82) is 0 Å². The Morgan fingerprint density at radius 3 is 3.12 bits per heavy atom. The van der Waals surface area contributed by atoms with Crippen molar-refractivity contribution in [2.24, 2.45) is 5.92 Å². The molecule has 2 aromatic rings. The topological polar surface area (TPSA) is 59.2 Å². The highest BCUT2D eigenvalue weighted by atomic mass is 32.1. The summed E-state index contributed by atoms with van der Waals surface area (Å²) in [6.45, 7) is 1.61. The molecule has 0 unspecified atom stereocenters. The van der Waals surface area contributed by atoms with Gasteiger partial charge in [0.2, 0.25) is 11.8 Å². The summed E-state index contributed by atoms with van der Waals surface area (Å²) in [5.41, 5.74) is 0. The smallest absolute Gasteiger partial charge is 0.246 e. The third-order valence-corrected chi connectivity index (χ3v) is 5.49. The molecule has 1 aliphatic heterocycles. The van der Waals surface area contributed by atoms with Crippen LogP contribution in [-0.2, 0) is 11.2 Å². The molecule has 1 saturated carbocycles. The van der Waals surface area contributed by atoms with Crippen molar-refractivity contribution >= 4 is 23.3 Å². The summed E-state index contributed by atoms with van der Waals surface area (Å²) >= 11 is 1.64. The third kappa shape index (κ3) is 3.75. The number of piperidine rings is 1. The molecule has 1 saturated heterocycles. The summed E-state index contributed by atoms with van der Waals surface area (Å²) in [7, 11) is 0. The van der Waals surface area contributed by atoms with Crippen molar-refractivity contribution < 1.29 is 9.32 Å². The lowest BCUT2D eigenvalue weighted by atomic mass is 9.94. The van der Waals surface area contributed by atoms with Crippen molar-refractivity contribution in [1.82, 2.24) is 15.0 Å². The number of rotatable bonds is 5. The molecular formula is C18H21N3O2S. The maximum atomic E-state index is 12.4. The number of nitrogens with zero attached hydrogens (tertiary/aromatic N) is 3. The van der Waals surface area contributed by atoms with E-state index in [9.17, 15) is 4.79 Å². The molecule has 0 spiro atoms. The van der Waals surface area contributed by atoms with Gasteiger partial charge in [0.15, 0.2) is 5.82 Å². The van der Waals surface area contributed by atoms with Gasteiger partial charge in [0, 0.05) is 36.4 Å². The molecule has 2 aromatic heterocycles. The van der Waals surface area contributed by atoms with E-state index in [4.69, 9.17) is 4.52 Å². The van der Waals surface area contributed by atoms with Gasteiger partial charge in [-0.05, 0) is 49.1 Å². The average molecular weight is 343 g/mol. The molecule has 0 N–H and O–H groups in total. The summed E-state index contributed by atoms with van der Waals surface area (Å²) in [5, 5.41) is 6.09. The summed E-state index contributed by atoms with van der Waals surface area (Å²) in [4.78, 5) is 19.9. The molecule has 2 fully saturated rings. The second kappa shape index (κ2) is 6.89. The summed E-state index contributed by atoms with van der Waals surface area (Å²) in [6.07, 6.45) is 8.87. The summed E-state index contributed by atoms with van der Waals surface area (Å²) < 4.78 is 5.38. The van der Waals surface area contributed by atoms with Gasteiger partial charge < -0.3 is 9.42 Å². The lowest BCUT2D eigenvalue weighted by molar-refractivity contribution is -0.127. The van der Waals surface area contributed by atoms with Gasteiger partial charge in [0.25, 0.3) is 0 Å². The number of carbonyl (C=O) groups excluding carboxylic acids is 1. The molecule has 0 radical (unpaired) electrons. The zero-order valence-electron chi connectivity index (χ0n) is 13.6. The highest BCUT2D eigenvalue weighted by Gasteiger charge is 2.30. The first-order valence-corrected chi connectivity index (χ1v) is 9.49. The standard InChI is InChI=1S/C18H21N3O2S/c22-17(8-7-15-4-2-10-24-15)21-9-1-3-13(12-21)11-16-19-18(20-23-16)14-5-6-14/h2,4,7-8,10,13-14H,1,3,5-6,9,11-12H2/b8-7-/t13-/m1/s1. The Hall–Kier alpha value is -1.95. The Labute approximate surface area is 145 Å². The van der Waals surface area contributed by atoms with Gasteiger partial charge in [-0.15, -0.1) is 11.3 Å². The number of thiophene rings is 1. The average Bonchev–Trinajstić information content (AvgIpc) is 3.12. The van der Waals surface area contributed by atoms with E-state index in [1.807, 2.05) is 28.5 Å². The number of hydrogen-bond donors (Lipinski definition) is 0. The fraction of sp³-hybridized carbons (Fsp3) is 0.500. The van der Waals surface area contributed by atoms with E-state index >= 15 is 0 Å². The van der Waals surface area contributed by atoms with Crippen molar-refractivity contribution in [3.05, 3.63) is 40.2 Å². The van der Waals surface area contributed by atoms with Crippen LogP contribution in [0.1, 0.15) is 48.2 Å². The van der Waals surface area contributed by atoms with Gasteiger partial charge in [-0.1, -0.05) is 11.2 Å². The maximum absolute atomic E-state index is 12.4. The number of carbonyl (C=O) groups is 1. The van der Waals surface area contributed by atoms with Crippen LogP contribution in [-0.4, -0.2) is 34.0 Å². The van der Waals surface area contributed by atoms with E-state index in [2.05, 4.69) is 10.1 Å². The van der Waals surface area contributed by atoms with E-state index in [0.29, 0.717) is 11.8 Å². The van der Waals surface area contributed by atoms with Gasteiger partial charge in [-0.2, -0.15) is 4.98 Å². The van der Waals surface area contributed by atoms with Crippen molar-refractivity contribution in [3.8, 4) is 0 Å². The molecule has 4 rings (SSSR count). The molecule has 126 valence electrons. The number of hydrogen-bond acceptors (Lipinski definition) is 5. The van der Waals surface area contributed by atoms with E-state index in [1.165, 1.54) is 12.8 Å². The zero-order chi connectivity index (χ0) is 16.4. The normalized spacial score (nSPS) is 21.5. The Morgan fingerprint density at radius 1 is 1.42 bits per heavy atom. The molecule has 0 bridgehead atoms. The number of amides is 1. The Balaban J connectivity index is 1.33. The van der Waals surface area contributed by atoms with Crippen molar-refractivity contribution in [3.63, 3.8) is 0 Å². The lowest BCUT2D eigenvalue weighted by Crippen LogP contribution is -2.39. The van der Waals surface area contributed by atoms with Gasteiger partial charge in [-0.3, -0.25) is 4.79 Å². The van der Waals surface area contributed by atoms with Crippen LogP contribution in [0.3, 0.4) is 0 Å². The van der Waals surface area contributed by atoms with Crippen LogP contribution >= 0.6 is 11.3 Å². The monoisotopic (exact) mass is 343 g/mol. The fourth-order valence-electron chi connectivity index (χ4n) is 3.18. The van der Waals surface area contributed by atoms with Crippen LogP contribution < -0.4 is 0 Å². The van der Waals surface area contributed by atoms with Gasteiger partial charge >= 0.3 is 0 Å². The molecule has 6 heteroatoms. The quantitative estimate of drug-likeness (QED) is 0.780. The largest absolute Gasteiger partial charge is 0.339 e. The van der Waals surface area contributed by atoms with Crippen LogP contribution in [0.2, 0.25) is 0 Å². The van der Waals surface area contributed by atoms with E-state index < -0.39 is 0 Å².